The van der Waals surface area contributed by atoms with E-state index >= 15 is 0 Å². The third kappa shape index (κ3) is 5.90. The average molecular weight is 409 g/mol. The highest BCUT2D eigenvalue weighted by Crippen LogP contribution is 2.26. The lowest BCUT2D eigenvalue weighted by Crippen LogP contribution is -2.55. The van der Waals surface area contributed by atoms with E-state index < -0.39 is 0 Å². The molecule has 28 heavy (non-hydrogen) atoms. The third-order valence-corrected chi connectivity index (χ3v) is 6.73. The Balaban J connectivity index is 1.55. The first-order valence-corrected chi connectivity index (χ1v) is 11.2. The van der Waals surface area contributed by atoms with Gasteiger partial charge in [-0.3, -0.25) is 14.8 Å². The number of hydrogen-bond donors (Lipinski definition) is 2. The second kappa shape index (κ2) is 10.5. The predicted molar refractivity (Wildman–Crippen MR) is 117 cm³/mol. The second-order valence-electron chi connectivity index (χ2n) is 7.94. The van der Waals surface area contributed by atoms with Gasteiger partial charge in [0.2, 0.25) is 0 Å². The lowest BCUT2D eigenvalue weighted by Gasteiger charge is -2.38. The number of guanidine groups is 1. The number of rotatable bonds is 6. The third-order valence-electron chi connectivity index (χ3n) is 5.76. The van der Waals surface area contributed by atoms with Crippen LogP contribution in [0.5, 0.6) is 0 Å². The Kier molecular flexibility index (Phi) is 8.11. The van der Waals surface area contributed by atoms with Crippen molar-refractivity contribution in [1.29, 1.82) is 0 Å². The Bertz CT molecular complexity index is 610. The van der Waals surface area contributed by atoms with Gasteiger partial charge in [-0.05, 0) is 32.5 Å². The molecule has 3 rings (SSSR count). The summed E-state index contributed by atoms with van der Waals surface area (Å²) in [7, 11) is 6.26. The highest BCUT2D eigenvalue weighted by molar-refractivity contribution is 7.10. The number of piperazine rings is 1. The molecule has 2 saturated heterocycles. The average Bonchev–Trinajstić information content (AvgIpc) is 3.21. The van der Waals surface area contributed by atoms with E-state index in [-0.39, 0.29) is 6.10 Å². The molecule has 3 atom stereocenters. The van der Waals surface area contributed by atoms with Crippen molar-refractivity contribution in [3.63, 3.8) is 0 Å². The molecule has 3 heterocycles. The minimum atomic E-state index is 0.285. The molecule has 1 aromatic rings. The summed E-state index contributed by atoms with van der Waals surface area (Å²) in [5, 5.41) is 9.26. The standard InChI is InChI=1S/C20H36N6OS/c1-16-14-26(9-10-27-16)18(19-6-5-11-28-19)13-23-20(21-2)22-12-17-15-24(3)7-8-25(17)4/h5-6,11,16-18H,7-10,12-15H2,1-4H3,(H2,21,22,23). The first kappa shape index (κ1) is 21.5. The van der Waals surface area contributed by atoms with Gasteiger partial charge < -0.3 is 20.3 Å². The van der Waals surface area contributed by atoms with E-state index in [0.29, 0.717) is 12.1 Å². The van der Waals surface area contributed by atoms with Gasteiger partial charge in [0.05, 0.1) is 18.8 Å². The van der Waals surface area contributed by atoms with Crippen molar-refractivity contribution in [3.8, 4) is 0 Å². The summed E-state index contributed by atoms with van der Waals surface area (Å²) in [6.07, 6.45) is 0.285. The van der Waals surface area contributed by atoms with Crippen molar-refractivity contribution in [2.75, 3.05) is 73.6 Å². The van der Waals surface area contributed by atoms with E-state index in [2.05, 4.69) is 68.9 Å². The maximum atomic E-state index is 5.74. The van der Waals surface area contributed by atoms with Crippen molar-refractivity contribution in [2.45, 2.75) is 25.1 Å². The summed E-state index contributed by atoms with van der Waals surface area (Å²) in [6.45, 7) is 9.98. The van der Waals surface area contributed by atoms with Crippen molar-refractivity contribution in [1.82, 2.24) is 25.3 Å². The molecule has 0 aliphatic carbocycles. The number of nitrogens with one attached hydrogen (secondary N) is 2. The highest BCUT2D eigenvalue weighted by Gasteiger charge is 2.27. The van der Waals surface area contributed by atoms with E-state index in [1.165, 1.54) is 4.88 Å². The summed E-state index contributed by atoms with van der Waals surface area (Å²) < 4.78 is 5.74. The van der Waals surface area contributed by atoms with Gasteiger partial charge in [0.25, 0.3) is 0 Å². The molecule has 1 aromatic heterocycles. The second-order valence-corrected chi connectivity index (χ2v) is 8.92. The smallest absolute Gasteiger partial charge is 0.191 e. The molecule has 0 bridgehead atoms. The molecule has 0 aromatic carbocycles. The summed E-state index contributed by atoms with van der Waals surface area (Å²) in [5.74, 6) is 0.879. The van der Waals surface area contributed by atoms with Crippen LogP contribution in [-0.2, 0) is 4.74 Å². The van der Waals surface area contributed by atoms with Crippen LogP contribution in [0.4, 0.5) is 0 Å². The first-order chi connectivity index (χ1) is 13.6. The Morgan fingerprint density at radius 1 is 1.29 bits per heavy atom. The molecule has 8 heteroatoms. The maximum Gasteiger partial charge on any atom is 0.191 e. The molecule has 0 spiro atoms. The molecule has 0 radical (unpaired) electrons. The highest BCUT2D eigenvalue weighted by atomic mass is 32.1. The largest absolute Gasteiger partial charge is 0.376 e. The van der Waals surface area contributed by atoms with Crippen LogP contribution in [0.2, 0.25) is 0 Å². The summed E-state index contributed by atoms with van der Waals surface area (Å²) >= 11 is 1.83. The van der Waals surface area contributed by atoms with Crippen molar-refractivity contribution >= 4 is 17.3 Å². The van der Waals surface area contributed by atoms with E-state index in [1.807, 2.05) is 18.4 Å². The van der Waals surface area contributed by atoms with Crippen molar-refractivity contribution in [2.24, 2.45) is 4.99 Å². The van der Waals surface area contributed by atoms with Crippen LogP contribution in [0, 0.1) is 0 Å². The topological polar surface area (TPSA) is 55.4 Å². The summed E-state index contributed by atoms with van der Waals surface area (Å²) in [5.41, 5.74) is 0. The van der Waals surface area contributed by atoms with Crippen LogP contribution < -0.4 is 10.6 Å². The van der Waals surface area contributed by atoms with Crippen LogP contribution in [0.3, 0.4) is 0 Å². The van der Waals surface area contributed by atoms with Gasteiger partial charge in [0.1, 0.15) is 0 Å². The van der Waals surface area contributed by atoms with E-state index in [4.69, 9.17) is 4.74 Å². The SMILES string of the molecule is CN=C(NCC1CN(C)CCN1C)NCC(c1cccs1)N1CCOC(C)C1. The molecule has 0 saturated carbocycles. The molecular formula is C20H36N6OS. The van der Waals surface area contributed by atoms with E-state index in [0.717, 1.165) is 58.4 Å². The molecule has 3 unspecified atom stereocenters. The molecule has 2 aliphatic heterocycles. The van der Waals surface area contributed by atoms with Gasteiger partial charge in [-0.25, -0.2) is 0 Å². The van der Waals surface area contributed by atoms with Gasteiger partial charge in [0.15, 0.2) is 5.96 Å². The number of nitrogens with zero attached hydrogens (tertiary/aromatic N) is 4. The molecule has 2 fully saturated rings. The minimum Gasteiger partial charge on any atom is -0.376 e. The first-order valence-electron chi connectivity index (χ1n) is 10.3. The maximum absolute atomic E-state index is 5.74. The number of aliphatic imine (C=N–C) groups is 1. The summed E-state index contributed by atoms with van der Waals surface area (Å²) in [4.78, 5) is 13.2. The van der Waals surface area contributed by atoms with Gasteiger partial charge >= 0.3 is 0 Å². The Morgan fingerprint density at radius 3 is 2.86 bits per heavy atom. The number of thiophene rings is 1. The number of hydrogen-bond acceptors (Lipinski definition) is 6. The quantitative estimate of drug-likeness (QED) is 0.539. The predicted octanol–water partition coefficient (Wildman–Crippen LogP) is 0.921. The number of morpholine rings is 1. The van der Waals surface area contributed by atoms with Crippen LogP contribution in [0.15, 0.2) is 22.5 Å². The van der Waals surface area contributed by atoms with Crippen LogP contribution >= 0.6 is 11.3 Å². The fourth-order valence-electron chi connectivity index (χ4n) is 3.97. The van der Waals surface area contributed by atoms with Gasteiger partial charge in [-0.1, -0.05) is 6.07 Å². The van der Waals surface area contributed by atoms with Crippen LogP contribution in [0.1, 0.15) is 17.8 Å². The van der Waals surface area contributed by atoms with Crippen molar-refractivity contribution < 1.29 is 4.74 Å². The number of ether oxygens (including phenoxy) is 1. The van der Waals surface area contributed by atoms with Gasteiger partial charge in [-0.2, -0.15) is 0 Å². The Hall–Kier alpha value is -1.19. The Labute approximate surface area is 173 Å². The lowest BCUT2D eigenvalue weighted by atomic mass is 10.1. The van der Waals surface area contributed by atoms with Crippen molar-refractivity contribution in [3.05, 3.63) is 22.4 Å². The monoisotopic (exact) mass is 408 g/mol. The van der Waals surface area contributed by atoms with Crippen LogP contribution in [-0.4, -0.2) is 106 Å². The molecule has 2 aliphatic rings. The zero-order valence-electron chi connectivity index (χ0n) is 17.7. The zero-order valence-corrected chi connectivity index (χ0v) is 18.5. The van der Waals surface area contributed by atoms with Gasteiger partial charge in [0, 0.05) is 63.8 Å². The van der Waals surface area contributed by atoms with E-state index in [9.17, 15) is 0 Å². The number of likely N-dealkylation sites (N-methyl/N-ethyl adjacent to an activating group) is 2. The molecule has 2 N–H and O–H groups in total. The molecular weight excluding hydrogens is 372 g/mol. The fraction of sp³-hybridized carbons (Fsp3) is 0.750. The molecule has 7 nitrogen and oxygen atoms in total. The lowest BCUT2D eigenvalue weighted by molar-refractivity contribution is -0.0334. The Morgan fingerprint density at radius 2 is 2.14 bits per heavy atom. The fourth-order valence-corrected chi connectivity index (χ4v) is 4.83. The minimum absolute atomic E-state index is 0.285. The normalized spacial score (nSPS) is 26.9. The summed E-state index contributed by atoms with van der Waals surface area (Å²) in [6, 6.07) is 5.22. The molecule has 158 valence electrons. The zero-order chi connectivity index (χ0) is 19.9. The van der Waals surface area contributed by atoms with Gasteiger partial charge in [-0.15, -0.1) is 11.3 Å². The van der Waals surface area contributed by atoms with Crippen LogP contribution in [0.25, 0.3) is 0 Å². The molecule has 0 amide bonds. The van der Waals surface area contributed by atoms with E-state index in [1.54, 1.807) is 0 Å².